The molecule has 4 heteroatoms. The third kappa shape index (κ3) is 5.53. The number of aromatic nitrogens is 4. The summed E-state index contributed by atoms with van der Waals surface area (Å²) in [5, 5.41) is 6.01. The van der Waals surface area contributed by atoms with Gasteiger partial charge in [-0.05, 0) is 101 Å². The van der Waals surface area contributed by atoms with Gasteiger partial charge < -0.3 is 9.13 Å². The quantitative estimate of drug-likeness (QED) is 0.169. The van der Waals surface area contributed by atoms with Gasteiger partial charge in [-0.25, -0.2) is 9.97 Å². The lowest BCUT2D eigenvalue weighted by Gasteiger charge is -2.11. The molecule has 12 rings (SSSR count). The first kappa shape index (κ1) is 34.0. The molecule has 3 heterocycles. The maximum atomic E-state index is 5.11. The van der Waals surface area contributed by atoms with Crippen LogP contribution >= 0.6 is 0 Å². The van der Waals surface area contributed by atoms with Crippen LogP contribution in [0.25, 0.3) is 111 Å². The summed E-state index contributed by atoms with van der Waals surface area (Å²) in [6.45, 7) is 0. The van der Waals surface area contributed by atoms with Crippen LogP contribution in [-0.2, 0) is 0 Å². The smallest absolute Gasteiger partial charge is 0.160 e. The molecule has 0 aliphatic rings. The van der Waals surface area contributed by atoms with E-state index in [2.05, 4.69) is 209 Å². The maximum absolute atomic E-state index is 5.11. The van der Waals surface area contributed by atoms with Crippen molar-refractivity contribution in [3.05, 3.63) is 218 Å². The molecule has 0 saturated carbocycles. The summed E-state index contributed by atoms with van der Waals surface area (Å²) in [6, 6.07) is 78.0. The standard InChI is InChI=1S/C56H36N4/c1-3-13-39(14-4-1)55-47-19-7-10-20-50(47)57-56(58-55)40-27-31-44(32-28-40)60-52-22-12-9-18-46(52)49-36-42(30-34-54(49)60)38-25-23-37(24-26-38)41-29-33-53-48(35-41)45-17-8-11-21-51(45)59(53)43-15-5-2-6-16-43/h1-36H. The molecular weight excluding hydrogens is 729 g/mol. The number of fused-ring (bicyclic) bond motifs is 7. The van der Waals surface area contributed by atoms with Crippen molar-refractivity contribution in [3.63, 3.8) is 0 Å². The highest BCUT2D eigenvalue weighted by Gasteiger charge is 2.17. The molecule has 0 unspecified atom stereocenters. The summed E-state index contributed by atoms with van der Waals surface area (Å²) in [4.78, 5) is 10.1. The molecule has 0 saturated heterocycles. The molecule has 4 nitrogen and oxygen atoms in total. The zero-order valence-corrected chi connectivity index (χ0v) is 32.6. The summed E-state index contributed by atoms with van der Waals surface area (Å²) in [6.07, 6.45) is 0. The first-order valence-electron chi connectivity index (χ1n) is 20.4. The number of hydrogen-bond donors (Lipinski definition) is 0. The van der Waals surface area contributed by atoms with Gasteiger partial charge in [0.15, 0.2) is 5.82 Å². The van der Waals surface area contributed by atoms with Crippen LogP contribution in [0.1, 0.15) is 0 Å². The number of para-hydroxylation sites is 4. The second kappa shape index (κ2) is 13.8. The highest BCUT2D eigenvalue weighted by molar-refractivity contribution is 6.11. The first-order valence-corrected chi connectivity index (χ1v) is 20.4. The number of rotatable bonds is 6. The molecule has 0 aliphatic heterocycles. The highest BCUT2D eigenvalue weighted by atomic mass is 15.0. The molecular formula is C56H36N4. The van der Waals surface area contributed by atoms with Gasteiger partial charge in [0.25, 0.3) is 0 Å². The Morgan fingerprint density at radius 3 is 1.28 bits per heavy atom. The van der Waals surface area contributed by atoms with Crippen LogP contribution in [0.3, 0.4) is 0 Å². The van der Waals surface area contributed by atoms with Crippen LogP contribution in [0, 0.1) is 0 Å². The molecule has 0 bridgehead atoms. The highest BCUT2D eigenvalue weighted by Crippen LogP contribution is 2.38. The van der Waals surface area contributed by atoms with Crippen LogP contribution in [0.5, 0.6) is 0 Å². The van der Waals surface area contributed by atoms with Crippen LogP contribution in [0.4, 0.5) is 0 Å². The molecule has 12 aromatic rings. The topological polar surface area (TPSA) is 35.6 Å². The molecule has 0 aliphatic carbocycles. The van der Waals surface area contributed by atoms with E-state index >= 15 is 0 Å². The summed E-state index contributed by atoms with van der Waals surface area (Å²) < 4.78 is 4.73. The van der Waals surface area contributed by atoms with Gasteiger partial charge in [0.05, 0.1) is 33.3 Å². The van der Waals surface area contributed by atoms with Gasteiger partial charge in [-0.2, -0.15) is 0 Å². The lowest BCUT2D eigenvalue weighted by molar-refractivity contribution is 1.17. The maximum Gasteiger partial charge on any atom is 0.160 e. The Bertz CT molecular complexity index is 3560. The lowest BCUT2D eigenvalue weighted by Crippen LogP contribution is -1.97. The largest absolute Gasteiger partial charge is 0.309 e. The molecule has 0 N–H and O–H groups in total. The molecule has 60 heavy (non-hydrogen) atoms. The monoisotopic (exact) mass is 764 g/mol. The Morgan fingerprint density at radius 2 is 0.700 bits per heavy atom. The Kier molecular flexibility index (Phi) is 7.82. The van der Waals surface area contributed by atoms with E-state index < -0.39 is 0 Å². The molecule has 0 spiro atoms. The molecule has 280 valence electrons. The SMILES string of the molecule is c1ccc(-c2nc(-c3ccc(-n4c5ccccc5c5cc(-c6ccc(-c7ccc8c(c7)c7ccccc7n8-c7ccccc7)cc6)ccc54)cc3)nc3ccccc23)cc1. The van der Waals surface area contributed by atoms with Crippen molar-refractivity contribution in [1.82, 2.24) is 19.1 Å². The van der Waals surface area contributed by atoms with Crippen molar-refractivity contribution in [2.45, 2.75) is 0 Å². The van der Waals surface area contributed by atoms with Crippen molar-refractivity contribution in [1.29, 1.82) is 0 Å². The van der Waals surface area contributed by atoms with Crippen LogP contribution in [0.2, 0.25) is 0 Å². The number of nitrogens with zero attached hydrogens (tertiary/aromatic N) is 4. The van der Waals surface area contributed by atoms with Gasteiger partial charge in [-0.15, -0.1) is 0 Å². The third-order valence-electron chi connectivity index (χ3n) is 11.9. The van der Waals surface area contributed by atoms with Gasteiger partial charge in [-0.3, -0.25) is 0 Å². The average Bonchev–Trinajstić information content (AvgIpc) is 3.84. The van der Waals surface area contributed by atoms with E-state index in [0.29, 0.717) is 5.82 Å². The Morgan fingerprint density at radius 1 is 0.267 bits per heavy atom. The van der Waals surface area contributed by atoms with E-state index in [4.69, 9.17) is 9.97 Å². The molecule has 0 atom stereocenters. The second-order valence-corrected chi connectivity index (χ2v) is 15.4. The fourth-order valence-corrected chi connectivity index (χ4v) is 9.07. The number of hydrogen-bond acceptors (Lipinski definition) is 2. The fourth-order valence-electron chi connectivity index (χ4n) is 9.07. The Balaban J connectivity index is 0.890. The Hall–Kier alpha value is -8.08. The minimum absolute atomic E-state index is 0.716. The van der Waals surface area contributed by atoms with Crippen LogP contribution < -0.4 is 0 Å². The van der Waals surface area contributed by atoms with Gasteiger partial charge in [-0.1, -0.05) is 140 Å². The summed E-state index contributed by atoms with van der Waals surface area (Å²) in [5.74, 6) is 0.716. The normalized spacial score (nSPS) is 11.7. The summed E-state index contributed by atoms with van der Waals surface area (Å²) in [5.41, 5.74) is 15.7. The van der Waals surface area contributed by atoms with Crippen molar-refractivity contribution in [2.75, 3.05) is 0 Å². The molecule has 0 radical (unpaired) electrons. The van der Waals surface area contributed by atoms with Crippen LogP contribution in [0.15, 0.2) is 218 Å². The molecule has 0 amide bonds. The van der Waals surface area contributed by atoms with Crippen molar-refractivity contribution < 1.29 is 0 Å². The van der Waals surface area contributed by atoms with E-state index in [9.17, 15) is 0 Å². The van der Waals surface area contributed by atoms with Crippen LogP contribution in [-0.4, -0.2) is 19.1 Å². The average molecular weight is 765 g/mol. The van der Waals surface area contributed by atoms with Gasteiger partial charge >= 0.3 is 0 Å². The predicted octanol–water partition coefficient (Wildman–Crippen LogP) is 14.5. The summed E-state index contributed by atoms with van der Waals surface area (Å²) in [7, 11) is 0. The summed E-state index contributed by atoms with van der Waals surface area (Å²) >= 11 is 0. The van der Waals surface area contributed by atoms with Crippen molar-refractivity contribution in [3.8, 4) is 56.3 Å². The van der Waals surface area contributed by atoms with E-state index in [1.54, 1.807) is 0 Å². The predicted molar refractivity (Wildman–Crippen MR) is 250 cm³/mol. The molecule has 0 fully saturated rings. The van der Waals surface area contributed by atoms with Crippen molar-refractivity contribution >= 4 is 54.5 Å². The second-order valence-electron chi connectivity index (χ2n) is 15.4. The minimum Gasteiger partial charge on any atom is -0.309 e. The van der Waals surface area contributed by atoms with E-state index in [1.165, 1.54) is 71.6 Å². The number of benzene rings is 9. The zero-order chi connectivity index (χ0) is 39.6. The van der Waals surface area contributed by atoms with Gasteiger partial charge in [0.2, 0.25) is 0 Å². The Labute approximate surface area is 346 Å². The van der Waals surface area contributed by atoms with E-state index in [1.807, 2.05) is 18.2 Å². The van der Waals surface area contributed by atoms with Gasteiger partial charge in [0, 0.05) is 49.4 Å². The molecule has 9 aromatic carbocycles. The third-order valence-corrected chi connectivity index (χ3v) is 11.9. The fraction of sp³-hybridized carbons (Fsp3) is 0. The van der Waals surface area contributed by atoms with E-state index in [0.717, 1.165) is 33.4 Å². The zero-order valence-electron chi connectivity index (χ0n) is 32.6. The lowest BCUT2D eigenvalue weighted by atomic mass is 9.98. The van der Waals surface area contributed by atoms with Crippen molar-refractivity contribution in [2.24, 2.45) is 0 Å². The first-order chi connectivity index (χ1) is 29.7. The van der Waals surface area contributed by atoms with E-state index in [-0.39, 0.29) is 0 Å². The molecule has 3 aromatic heterocycles. The minimum atomic E-state index is 0.716. The van der Waals surface area contributed by atoms with Gasteiger partial charge in [0.1, 0.15) is 0 Å².